The van der Waals surface area contributed by atoms with Crippen LogP contribution in [0.5, 0.6) is 0 Å². The van der Waals surface area contributed by atoms with Crippen molar-refractivity contribution in [1.82, 2.24) is 15.1 Å². The highest BCUT2D eigenvalue weighted by molar-refractivity contribution is 7.18. The maximum Gasteiger partial charge on any atom is 0.209 e. The molecular weight excluding hydrogens is 250 g/mol. The first kappa shape index (κ1) is 13.5. The average Bonchev–Trinajstić information content (AvgIpc) is 2.96. The second-order valence-corrected chi connectivity index (χ2v) is 5.74. The molecule has 2 rings (SSSR count). The van der Waals surface area contributed by atoms with E-state index in [0.717, 1.165) is 31.4 Å². The third-order valence-electron chi connectivity index (χ3n) is 3.27. The SMILES string of the molecule is COCCN1CCC(CN(C)c2nnc(N)s2)C1. The number of anilines is 2. The summed E-state index contributed by atoms with van der Waals surface area (Å²) in [5, 5.41) is 9.35. The lowest BCUT2D eigenvalue weighted by molar-refractivity contribution is 0.159. The summed E-state index contributed by atoms with van der Waals surface area (Å²) in [7, 11) is 3.80. The first-order valence-corrected chi connectivity index (χ1v) is 7.02. The molecule has 1 aromatic rings. The molecule has 2 heterocycles. The minimum absolute atomic E-state index is 0.532. The number of aromatic nitrogens is 2. The molecule has 1 aliphatic heterocycles. The van der Waals surface area contributed by atoms with Crippen LogP contribution in [0.3, 0.4) is 0 Å². The van der Waals surface area contributed by atoms with E-state index in [1.807, 2.05) is 0 Å². The predicted octanol–water partition coefficient (Wildman–Crippen LogP) is 0.525. The van der Waals surface area contributed by atoms with Crippen LogP contribution in [0.2, 0.25) is 0 Å². The van der Waals surface area contributed by atoms with Gasteiger partial charge in [-0.2, -0.15) is 0 Å². The zero-order valence-corrected chi connectivity index (χ0v) is 11.8. The number of hydrogen-bond acceptors (Lipinski definition) is 7. The summed E-state index contributed by atoms with van der Waals surface area (Å²) in [6.45, 7) is 5.16. The van der Waals surface area contributed by atoms with Crippen LogP contribution in [0, 0.1) is 5.92 Å². The fourth-order valence-electron chi connectivity index (χ4n) is 2.33. The Kier molecular flexibility index (Phi) is 4.73. The van der Waals surface area contributed by atoms with Gasteiger partial charge in [-0.15, -0.1) is 10.2 Å². The Morgan fingerprint density at radius 1 is 1.56 bits per heavy atom. The molecule has 0 aliphatic carbocycles. The van der Waals surface area contributed by atoms with Crippen molar-refractivity contribution < 1.29 is 4.74 Å². The van der Waals surface area contributed by atoms with E-state index >= 15 is 0 Å². The number of ether oxygens (including phenoxy) is 1. The Labute approximate surface area is 112 Å². The van der Waals surface area contributed by atoms with Gasteiger partial charge in [-0.25, -0.2) is 0 Å². The van der Waals surface area contributed by atoms with Crippen LogP contribution in [0.4, 0.5) is 10.3 Å². The molecular formula is C11H21N5OS. The second-order valence-electron chi connectivity index (χ2n) is 4.75. The van der Waals surface area contributed by atoms with Gasteiger partial charge in [-0.3, -0.25) is 0 Å². The van der Waals surface area contributed by atoms with E-state index in [1.165, 1.54) is 24.3 Å². The maximum atomic E-state index is 5.60. The third kappa shape index (κ3) is 3.54. The molecule has 0 amide bonds. The van der Waals surface area contributed by atoms with Crippen molar-refractivity contribution in [3.05, 3.63) is 0 Å². The van der Waals surface area contributed by atoms with Gasteiger partial charge in [0.1, 0.15) is 0 Å². The van der Waals surface area contributed by atoms with Crippen molar-refractivity contribution in [2.45, 2.75) is 6.42 Å². The molecule has 7 heteroatoms. The van der Waals surface area contributed by atoms with Gasteiger partial charge in [-0.1, -0.05) is 11.3 Å². The Bertz CT molecular complexity index is 372. The summed E-state index contributed by atoms with van der Waals surface area (Å²) in [6.07, 6.45) is 1.24. The highest BCUT2D eigenvalue weighted by atomic mass is 32.1. The highest BCUT2D eigenvalue weighted by Crippen LogP contribution is 2.23. The van der Waals surface area contributed by atoms with Crippen LogP contribution in [0.15, 0.2) is 0 Å². The predicted molar refractivity (Wildman–Crippen MR) is 74.0 cm³/mol. The fraction of sp³-hybridized carbons (Fsp3) is 0.818. The van der Waals surface area contributed by atoms with E-state index in [4.69, 9.17) is 10.5 Å². The normalized spacial score (nSPS) is 20.4. The lowest BCUT2D eigenvalue weighted by Crippen LogP contribution is -2.29. The Hall–Kier alpha value is -0.920. The lowest BCUT2D eigenvalue weighted by Gasteiger charge is -2.20. The summed E-state index contributed by atoms with van der Waals surface area (Å²) in [5.74, 6) is 0.692. The van der Waals surface area contributed by atoms with E-state index in [9.17, 15) is 0 Å². The molecule has 0 radical (unpaired) electrons. The molecule has 6 nitrogen and oxygen atoms in total. The topological polar surface area (TPSA) is 67.5 Å². The highest BCUT2D eigenvalue weighted by Gasteiger charge is 2.24. The fourth-order valence-corrected chi connectivity index (χ4v) is 2.91. The summed E-state index contributed by atoms with van der Waals surface area (Å²) >= 11 is 1.44. The molecule has 0 saturated carbocycles. The molecule has 0 bridgehead atoms. The number of nitrogens with two attached hydrogens (primary N) is 1. The zero-order chi connectivity index (χ0) is 13.0. The van der Waals surface area contributed by atoms with Gasteiger partial charge in [-0.05, 0) is 18.9 Å². The minimum Gasteiger partial charge on any atom is -0.383 e. The van der Waals surface area contributed by atoms with Crippen LogP contribution in [-0.2, 0) is 4.74 Å². The largest absolute Gasteiger partial charge is 0.383 e. The quantitative estimate of drug-likeness (QED) is 0.814. The standard InChI is InChI=1S/C11H21N5OS/c1-15(11-14-13-10(12)18-11)7-9-3-4-16(8-9)5-6-17-2/h9H,3-8H2,1-2H3,(H2,12,13). The van der Waals surface area contributed by atoms with E-state index in [0.29, 0.717) is 11.0 Å². The van der Waals surface area contributed by atoms with E-state index < -0.39 is 0 Å². The van der Waals surface area contributed by atoms with E-state index in [2.05, 4.69) is 27.0 Å². The van der Waals surface area contributed by atoms with Crippen molar-refractivity contribution in [1.29, 1.82) is 0 Å². The van der Waals surface area contributed by atoms with Crippen LogP contribution < -0.4 is 10.6 Å². The first-order chi connectivity index (χ1) is 8.69. The van der Waals surface area contributed by atoms with Crippen molar-refractivity contribution >= 4 is 21.6 Å². The van der Waals surface area contributed by atoms with Gasteiger partial charge >= 0.3 is 0 Å². The smallest absolute Gasteiger partial charge is 0.209 e. The van der Waals surface area contributed by atoms with Gasteiger partial charge in [0.05, 0.1) is 6.61 Å². The Morgan fingerprint density at radius 2 is 2.39 bits per heavy atom. The Balaban J connectivity index is 1.77. The third-order valence-corrected chi connectivity index (χ3v) is 4.14. The van der Waals surface area contributed by atoms with Crippen LogP contribution in [0.1, 0.15) is 6.42 Å². The molecule has 1 aromatic heterocycles. The minimum atomic E-state index is 0.532. The van der Waals surface area contributed by atoms with Gasteiger partial charge < -0.3 is 20.3 Å². The van der Waals surface area contributed by atoms with Gasteiger partial charge in [0.15, 0.2) is 0 Å². The molecule has 0 aromatic carbocycles. The monoisotopic (exact) mass is 271 g/mol. The van der Waals surface area contributed by atoms with Crippen molar-refractivity contribution in [2.24, 2.45) is 5.92 Å². The summed E-state index contributed by atoms with van der Waals surface area (Å²) in [5.41, 5.74) is 5.60. The van der Waals surface area contributed by atoms with Crippen molar-refractivity contribution in [2.75, 3.05) is 57.6 Å². The molecule has 1 atom stereocenters. The van der Waals surface area contributed by atoms with E-state index in [1.54, 1.807) is 7.11 Å². The molecule has 1 saturated heterocycles. The second kappa shape index (κ2) is 6.31. The van der Waals surface area contributed by atoms with Crippen LogP contribution in [0.25, 0.3) is 0 Å². The van der Waals surface area contributed by atoms with E-state index in [-0.39, 0.29) is 0 Å². The molecule has 18 heavy (non-hydrogen) atoms. The number of likely N-dealkylation sites (tertiary alicyclic amines) is 1. The average molecular weight is 271 g/mol. The summed E-state index contributed by atoms with van der Waals surface area (Å²) in [6, 6.07) is 0. The maximum absolute atomic E-state index is 5.60. The number of nitrogen functional groups attached to an aromatic ring is 1. The molecule has 2 N–H and O–H groups in total. The lowest BCUT2D eigenvalue weighted by atomic mass is 10.1. The summed E-state index contributed by atoms with van der Waals surface area (Å²) < 4.78 is 5.11. The Morgan fingerprint density at radius 3 is 3.06 bits per heavy atom. The molecule has 1 unspecified atom stereocenters. The van der Waals surface area contributed by atoms with Crippen molar-refractivity contribution in [3.63, 3.8) is 0 Å². The van der Waals surface area contributed by atoms with Crippen LogP contribution in [-0.4, -0.2) is 62.0 Å². The zero-order valence-electron chi connectivity index (χ0n) is 11.0. The number of hydrogen-bond donors (Lipinski definition) is 1. The molecule has 1 fully saturated rings. The molecule has 102 valence electrons. The molecule has 1 aliphatic rings. The van der Waals surface area contributed by atoms with Crippen LogP contribution >= 0.6 is 11.3 Å². The van der Waals surface area contributed by atoms with Gasteiger partial charge in [0, 0.05) is 33.8 Å². The summed E-state index contributed by atoms with van der Waals surface area (Å²) in [4.78, 5) is 4.61. The van der Waals surface area contributed by atoms with Gasteiger partial charge in [0.2, 0.25) is 10.3 Å². The number of rotatable bonds is 6. The van der Waals surface area contributed by atoms with Gasteiger partial charge in [0.25, 0.3) is 0 Å². The number of methoxy groups -OCH3 is 1. The van der Waals surface area contributed by atoms with Crippen molar-refractivity contribution in [3.8, 4) is 0 Å². The number of nitrogens with zero attached hydrogens (tertiary/aromatic N) is 4. The first-order valence-electron chi connectivity index (χ1n) is 6.20. The molecule has 0 spiro atoms.